The maximum Gasteiger partial charge on any atom is 0.134 e. The number of nitriles is 1. The number of H-pyrrole nitrogens is 1. The van der Waals surface area contributed by atoms with Gasteiger partial charge in [-0.3, -0.25) is 0 Å². The van der Waals surface area contributed by atoms with Crippen LogP contribution in [0.2, 0.25) is 0 Å². The molecule has 114 valence electrons. The number of fused-ring (bicyclic) bond motifs is 1. The van der Waals surface area contributed by atoms with Crippen molar-refractivity contribution in [2.45, 2.75) is 32.6 Å². The van der Waals surface area contributed by atoms with Gasteiger partial charge in [0.25, 0.3) is 0 Å². The molecule has 0 spiro atoms. The van der Waals surface area contributed by atoms with Crippen molar-refractivity contribution in [3.8, 4) is 17.3 Å². The van der Waals surface area contributed by atoms with Crippen LogP contribution in [-0.2, 0) is 0 Å². The highest BCUT2D eigenvalue weighted by molar-refractivity contribution is 7.13. The van der Waals surface area contributed by atoms with Gasteiger partial charge >= 0.3 is 0 Å². The molecule has 0 amide bonds. The van der Waals surface area contributed by atoms with E-state index in [1.54, 1.807) is 11.3 Å². The minimum absolute atomic E-state index is 0.807. The smallest absolute Gasteiger partial charge is 0.134 e. The van der Waals surface area contributed by atoms with Crippen LogP contribution in [0.15, 0.2) is 36.0 Å². The third-order valence-corrected chi connectivity index (χ3v) is 5.52. The number of allylic oxidation sites excluding steroid dienone is 2. The Labute approximate surface area is 139 Å². The zero-order chi connectivity index (χ0) is 15.8. The van der Waals surface area contributed by atoms with Crippen molar-refractivity contribution < 1.29 is 0 Å². The Hall–Kier alpha value is -2.38. The zero-order valence-electron chi connectivity index (χ0n) is 13.0. The molecule has 3 aromatic rings. The predicted octanol–water partition coefficient (Wildman–Crippen LogP) is 5.45. The van der Waals surface area contributed by atoms with Gasteiger partial charge in [0.1, 0.15) is 11.1 Å². The van der Waals surface area contributed by atoms with E-state index in [0.29, 0.717) is 0 Å². The summed E-state index contributed by atoms with van der Waals surface area (Å²) in [4.78, 5) is 9.31. The Morgan fingerprint density at radius 1 is 1.26 bits per heavy atom. The number of nitrogens with one attached hydrogen (secondary N) is 1. The second-order valence-electron chi connectivity index (χ2n) is 5.97. The summed E-state index contributed by atoms with van der Waals surface area (Å²) in [7, 11) is 0. The van der Waals surface area contributed by atoms with Gasteiger partial charge in [0.2, 0.25) is 0 Å². The van der Waals surface area contributed by atoms with E-state index in [0.717, 1.165) is 45.1 Å². The SMILES string of the molecule is Cc1sc(C(C#N)=C2CCCC2)nc1-c1c[nH]c2ccccc12. The molecular weight excluding hydrogens is 302 g/mol. The van der Waals surface area contributed by atoms with E-state index < -0.39 is 0 Å². The summed E-state index contributed by atoms with van der Waals surface area (Å²) >= 11 is 1.64. The molecule has 0 saturated heterocycles. The number of benzene rings is 1. The predicted molar refractivity (Wildman–Crippen MR) is 95.1 cm³/mol. The molecule has 23 heavy (non-hydrogen) atoms. The van der Waals surface area contributed by atoms with Crippen molar-refractivity contribution in [3.63, 3.8) is 0 Å². The molecule has 1 aromatic carbocycles. The van der Waals surface area contributed by atoms with Crippen LogP contribution in [-0.4, -0.2) is 9.97 Å². The molecule has 1 aliphatic rings. The quantitative estimate of drug-likeness (QED) is 0.638. The molecule has 1 N–H and O–H groups in total. The van der Waals surface area contributed by atoms with Crippen LogP contribution >= 0.6 is 11.3 Å². The van der Waals surface area contributed by atoms with E-state index in [1.165, 1.54) is 23.8 Å². The van der Waals surface area contributed by atoms with Crippen molar-refractivity contribution in [1.82, 2.24) is 9.97 Å². The largest absolute Gasteiger partial charge is 0.360 e. The minimum atomic E-state index is 0.807. The third kappa shape index (κ3) is 2.38. The van der Waals surface area contributed by atoms with E-state index in [9.17, 15) is 5.26 Å². The van der Waals surface area contributed by atoms with Crippen molar-refractivity contribution in [3.05, 3.63) is 45.9 Å². The van der Waals surface area contributed by atoms with Gasteiger partial charge in [0, 0.05) is 27.5 Å². The van der Waals surface area contributed by atoms with Gasteiger partial charge in [-0.2, -0.15) is 5.26 Å². The van der Waals surface area contributed by atoms with Crippen molar-refractivity contribution in [1.29, 1.82) is 5.26 Å². The first-order valence-electron chi connectivity index (χ1n) is 7.94. The summed E-state index contributed by atoms with van der Waals surface area (Å²) < 4.78 is 0. The van der Waals surface area contributed by atoms with E-state index in [-0.39, 0.29) is 0 Å². The third-order valence-electron chi connectivity index (χ3n) is 4.53. The van der Waals surface area contributed by atoms with Crippen LogP contribution < -0.4 is 0 Å². The fraction of sp³-hybridized carbons (Fsp3) is 0.263. The number of nitrogens with zero attached hydrogens (tertiary/aromatic N) is 2. The van der Waals surface area contributed by atoms with Crippen LogP contribution in [0.1, 0.15) is 35.6 Å². The summed E-state index contributed by atoms with van der Waals surface area (Å²) in [5, 5.41) is 11.7. The molecule has 0 aliphatic heterocycles. The Kier molecular flexibility index (Phi) is 3.51. The molecule has 1 saturated carbocycles. The average Bonchev–Trinajstić information content (AvgIpc) is 3.28. The highest BCUT2D eigenvalue weighted by atomic mass is 32.1. The second kappa shape index (κ2) is 5.68. The number of hydrogen-bond acceptors (Lipinski definition) is 3. The standard InChI is InChI=1S/C19H17N3S/c1-12-18(16-11-21-17-9-5-4-8-14(16)17)22-19(23-12)15(10-20)13-6-2-3-7-13/h4-5,8-9,11,21H,2-3,6-7H2,1H3. The van der Waals surface area contributed by atoms with Gasteiger partial charge in [-0.05, 0) is 44.2 Å². The van der Waals surface area contributed by atoms with Crippen molar-refractivity contribution in [2.75, 3.05) is 0 Å². The number of hydrogen-bond donors (Lipinski definition) is 1. The second-order valence-corrected chi connectivity index (χ2v) is 7.17. The number of thiazole rings is 1. The number of aromatic amines is 1. The van der Waals surface area contributed by atoms with Gasteiger partial charge in [0.05, 0.1) is 11.3 Å². The summed E-state index contributed by atoms with van der Waals surface area (Å²) in [5.41, 5.74) is 5.32. The zero-order valence-corrected chi connectivity index (χ0v) is 13.8. The summed E-state index contributed by atoms with van der Waals surface area (Å²) in [6.07, 6.45) is 6.50. The van der Waals surface area contributed by atoms with Gasteiger partial charge in [-0.25, -0.2) is 4.98 Å². The summed E-state index contributed by atoms with van der Waals surface area (Å²) in [6, 6.07) is 10.7. The molecule has 4 rings (SSSR count). The van der Waals surface area contributed by atoms with Gasteiger partial charge in [-0.15, -0.1) is 11.3 Å². The summed E-state index contributed by atoms with van der Waals surface area (Å²) in [5.74, 6) is 0. The number of rotatable bonds is 2. The van der Waals surface area contributed by atoms with Crippen LogP contribution in [0.5, 0.6) is 0 Å². The lowest BCUT2D eigenvalue weighted by atomic mass is 10.1. The molecule has 1 fully saturated rings. The molecule has 0 atom stereocenters. The highest BCUT2D eigenvalue weighted by Crippen LogP contribution is 2.38. The molecular formula is C19H17N3S. The minimum Gasteiger partial charge on any atom is -0.360 e. The Balaban J connectivity index is 1.85. The lowest BCUT2D eigenvalue weighted by Gasteiger charge is -1.99. The van der Waals surface area contributed by atoms with Crippen LogP contribution in [0.4, 0.5) is 0 Å². The van der Waals surface area contributed by atoms with Crippen molar-refractivity contribution >= 4 is 27.8 Å². The molecule has 3 nitrogen and oxygen atoms in total. The van der Waals surface area contributed by atoms with E-state index in [2.05, 4.69) is 30.1 Å². The molecule has 4 heteroatoms. The molecule has 0 radical (unpaired) electrons. The van der Waals surface area contributed by atoms with Crippen LogP contribution in [0, 0.1) is 18.3 Å². The summed E-state index contributed by atoms with van der Waals surface area (Å²) in [6.45, 7) is 2.09. The molecule has 2 heterocycles. The first-order valence-corrected chi connectivity index (χ1v) is 8.76. The average molecular weight is 319 g/mol. The molecule has 0 bridgehead atoms. The maximum atomic E-state index is 9.59. The monoisotopic (exact) mass is 319 g/mol. The van der Waals surface area contributed by atoms with Crippen molar-refractivity contribution in [2.24, 2.45) is 0 Å². The van der Waals surface area contributed by atoms with Gasteiger partial charge < -0.3 is 4.98 Å². The van der Waals surface area contributed by atoms with E-state index in [1.807, 2.05) is 18.3 Å². The normalized spacial score (nSPS) is 14.3. The van der Waals surface area contributed by atoms with Crippen LogP contribution in [0.25, 0.3) is 27.7 Å². The first kappa shape index (κ1) is 14.2. The lowest BCUT2D eigenvalue weighted by Crippen LogP contribution is -1.86. The fourth-order valence-corrected chi connectivity index (χ4v) is 4.32. The maximum absolute atomic E-state index is 9.59. The first-order chi connectivity index (χ1) is 11.3. The Morgan fingerprint density at radius 3 is 2.83 bits per heavy atom. The van der Waals surface area contributed by atoms with E-state index >= 15 is 0 Å². The Morgan fingerprint density at radius 2 is 2.04 bits per heavy atom. The van der Waals surface area contributed by atoms with Gasteiger partial charge in [0.15, 0.2) is 0 Å². The molecule has 1 aliphatic carbocycles. The highest BCUT2D eigenvalue weighted by Gasteiger charge is 2.20. The van der Waals surface area contributed by atoms with Gasteiger partial charge in [-0.1, -0.05) is 18.2 Å². The number of aromatic nitrogens is 2. The van der Waals surface area contributed by atoms with Crippen LogP contribution in [0.3, 0.4) is 0 Å². The molecule has 0 unspecified atom stereocenters. The lowest BCUT2D eigenvalue weighted by molar-refractivity contribution is 0.886. The topological polar surface area (TPSA) is 52.5 Å². The molecule has 2 aromatic heterocycles. The number of para-hydroxylation sites is 1. The van der Waals surface area contributed by atoms with E-state index in [4.69, 9.17) is 4.98 Å². The Bertz CT molecular complexity index is 945. The fourth-order valence-electron chi connectivity index (χ4n) is 3.35. The number of aryl methyl sites for hydroxylation is 1.